The number of nitrogens with zero attached hydrogens (tertiary/aromatic N) is 5. The van der Waals surface area contributed by atoms with Gasteiger partial charge in [0.25, 0.3) is 0 Å². The number of carbonyl (C=O) groups is 1. The van der Waals surface area contributed by atoms with Crippen LogP contribution in [-0.2, 0) is 4.74 Å². The lowest BCUT2D eigenvalue weighted by molar-refractivity contribution is 0.0122. The van der Waals surface area contributed by atoms with Crippen LogP contribution in [0.2, 0.25) is 5.02 Å². The molecule has 2 aliphatic heterocycles. The molecule has 0 radical (unpaired) electrons. The van der Waals surface area contributed by atoms with Crippen LogP contribution in [0.15, 0.2) is 42.5 Å². The first-order valence-corrected chi connectivity index (χ1v) is 15.7. The topological polar surface area (TPSA) is 91.3 Å². The number of ether oxygens (including phenoxy) is 2. The van der Waals surface area contributed by atoms with Crippen molar-refractivity contribution in [3.8, 4) is 22.9 Å². The van der Waals surface area contributed by atoms with E-state index in [9.17, 15) is 9.90 Å². The smallest absolute Gasteiger partial charge is 0.410 e. The highest BCUT2D eigenvalue weighted by Crippen LogP contribution is 2.43. The van der Waals surface area contributed by atoms with Crippen molar-refractivity contribution in [1.29, 1.82) is 0 Å². The maximum absolute atomic E-state index is 16.8. The zero-order valence-corrected chi connectivity index (χ0v) is 27.1. The predicted molar refractivity (Wildman–Crippen MR) is 175 cm³/mol. The molecule has 2 atom stereocenters. The molecule has 2 aliphatic rings. The van der Waals surface area contributed by atoms with Gasteiger partial charge >= 0.3 is 12.1 Å². The monoisotopic (exact) mass is 635 g/mol. The van der Waals surface area contributed by atoms with Crippen LogP contribution in [0.4, 0.5) is 15.0 Å². The molecule has 2 bridgehead atoms. The first-order valence-electron chi connectivity index (χ1n) is 15.4. The number of rotatable bonds is 7. The number of phenols is 1. The second-order valence-electron chi connectivity index (χ2n) is 13.2. The Morgan fingerprint density at radius 1 is 1.09 bits per heavy atom. The number of amides is 1. The van der Waals surface area contributed by atoms with Gasteiger partial charge in [-0.2, -0.15) is 9.97 Å². The van der Waals surface area contributed by atoms with E-state index in [1.807, 2.05) is 64.0 Å². The highest BCUT2D eigenvalue weighted by atomic mass is 35.5. The van der Waals surface area contributed by atoms with Gasteiger partial charge in [0.05, 0.1) is 23.7 Å². The largest absolute Gasteiger partial charge is 0.508 e. The van der Waals surface area contributed by atoms with Crippen LogP contribution < -0.4 is 9.64 Å². The molecule has 3 heterocycles. The fourth-order valence-electron chi connectivity index (χ4n) is 6.45. The highest BCUT2D eigenvalue weighted by molar-refractivity contribution is 6.35. The van der Waals surface area contributed by atoms with Gasteiger partial charge in [-0.15, -0.1) is 0 Å². The van der Waals surface area contributed by atoms with Gasteiger partial charge in [0.1, 0.15) is 22.7 Å². The molecular weight excluding hydrogens is 597 g/mol. The standard InChI is InChI=1S/C34H39ClFN5O4/c1-34(2,3)45-33(43)41-21-11-12-22(41)19-40(18-21)31-26-17-27(35)28(25-16-23(42)15-20-9-6-7-10-24(20)25)29(36)30(26)37-32(38-31)44-14-8-13-39(4)5/h6-7,9-10,15-17,21-22,42H,8,11-14,18-19H2,1-5H3. The van der Waals surface area contributed by atoms with Gasteiger partial charge in [-0.1, -0.05) is 35.9 Å². The van der Waals surface area contributed by atoms with Crippen molar-refractivity contribution in [1.82, 2.24) is 19.8 Å². The zero-order valence-electron chi connectivity index (χ0n) is 26.3. The first kappa shape index (κ1) is 31.1. The lowest BCUT2D eigenvalue weighted by Gasteiger charge is -2.42. The van der Waals surface area contributed by atoms with E-state index in [0.717, 1.165) is 36.6 Å². The Kier molecular flexibility index (Phi) is 8.39. The van der Waals surface area contributed by atoms with Crippen molar-refractivity contribution in [2.45, 2.75) is 57.7 Å². The third-order valence-electron chi connectivity index (χ3n) is 8.33. The number of phenolic OH excluding ortho intramolecular Hbond substituents is 1. The normalized spacial score (nSPS) is 18.3. The lowest BCUT2D eigenvalue weighted by atomic mass is 9.96. The van der Waals surface area contributed by atoms with Gasteiger partial charge in [0.2, 0.25) is 0 Å². The van der Waals surface area contributed by atoms with Gasteiger partial charge in [0.15, 0.2) is 5.82 Å². The molecule has 9 nitrogen and oxygen atoms in total. The predicted octanol–water partition coefficient (Wildman–Crippen LogP) is 6.87. The summed E-state index contributed by atoms with van der Waals surface area (Å²) < 4.78 is 28.5. The number of aromatic nitrogens is 2. The molecule has 238 valence electrons. The maximum atomic E-state index is 16.8. The third kappa shape index (κ3) is 6.31. The Morgan fingerprint density at radius 2 is 1.80 bits per heavy atom. The second kappa shape index (κ2) is 12.1. The summed E-state index contributed by atoms with van der Waals surface area (Å²) in [6.07, 6.45) is 2.10. The molecule has 1 aromatic heterocycles. The molecular formula is C34H39ClFN5O4. The molecule has 3 aromatic carbocycles. The van der Waals surface area contributed by atoms with E-state index in [0.29, 0.717) is 36.5 Å². The summed E-state index contributed by atoms with van der Waals surface area (Å²) in [6, 6.07) is 12.2. The van der Waals surface area contributed by atoms with E-state index in [4.69, 9.17) is 26.1 Å². The minimum Gasteiger partial charge on any atom is -0.508 e. The first-order chi connectivity index (χ1) is 21.4. The fraction of sp³-hybridized carbons (Fsp3) is 0.441. The second-order valence-corrected chi connectivity index (χ2v) is 13.6. The lowest BCUT2D eigenvalue weighted by Crippen LogP contribution is -2.57. The Labute approximate surface area is 267 Å². The van der Waals surface area contributed by atoms with Gasteiger partial charge in [0, 0.05) is 30.6 Å². The SMILES string of the molecule is CN(C)CCCOc1nc(N2CC3CCC(C2)N3C(=O)OC(C)(C)C)c2cc(Cl)c(-c3cc(O)cc4ccccc34)c(F)c2n1. The average Bonchev–Trinajstić information content (AvgIpc) is 3.23. The minimum absolute atomic E-state index is 0.00545. The van der Waals surface area contributed by atoms with E-state index in [1.165, 1.54) is 6.07 Å². The summed E-state index contributed by atoms with van der Waals surface area (Å²) in [4.78, 5) is 28.5. The Hall–Kier alpha value is -3.89. The average molecular weight is 636 g/mol. The maximum Gasteiger partial charge on any atom is 0.410 e. The Bertz CT molecular complexity index is 1750. The van der Waals surface area contributed by atoms with Crippen LogP contribution in [0, 0.1) is 5.82 Å². The highest BCUT2D eigenvalue weighted by Gasteiger charge is 2.45. The summed E-state index contributed by atoms with van der Waals surface area (Å²) in [5, 5.41) is 12.6. The molecule has 45 heavy (non-hydrogen) atoms. The summed E-state index contributed by atoms with van der Waals surface area (Å²) in [7, 11) is 3.98. The zero-order chi connectivity index (χ0) is 32.0. The molecule has 11 heteroatoms. The number of fused-ring (bicyclic) bond motifs is 4. The van der Waals surface area contributed by atoms with Crippen LogP contribution in [0.5, 0.6) is 11.8 Å². The number of carbonyl (C=O) groups excluding carboxylic acids is 1. The molecule has 0 spiro atoms. The molecule has 6 rings (SSSR count). The van der Waals surface area contributed by atoms with Crippen molar-refractivity contribution in [3.63, 3.8) is 0 Å². The number of anilines is 1. The summed E-state index contributed by atoms with van der Waals surface area (Å²) >= 11 is 6.87. The van der Waals surface area contributed by atoms with Crippen LogP contribution >= 0.6 is 11.6 Å². The van der Waals surface area contributed by atoms with Gasteiger partial charge in [-0.3, -0.25) is 4.90 Å². The summed E-state index contributed by atoms with van der Waals surface area (Å²) in [6.45, 7) is 7.77. The number of halogens is 2. The quantitative estimate of drug-likeness (QED) is 0.220. The van der Waals surface area contributed by atoms with Crippen molar-refractivity contribution in [3.05, 3.63) is 53.3 Å². The van der Waals surface area contributed by atoms with Crippen LogP contribution in [-0.4, -0.2) is 89.0 Å². The van der Waals surface area contributed by atoms with Crippen molar-refractivity contribution in [2.24, 2.45) is 0 Å². The van der Waals surface area contributed by atoms with E-state index in [2.05, 4.69) is 14.8 Å². The van der Waals surface area contributed by atoms with Crippen LogP contribution in [0.1, 0.15) is 40.0 Å². The van der Waals surface area contributed by atoms with Gasteiger partial charge in [-0.05, 0) is 88.7 Å². The van der Waals surface area contributed by atoms with E-state index < -0.39 is 11.4 Å². The van der Waals surface area contributed by atoms with Crippen molar-refractivity contribution in [2.75, 3.05) is 45.2 Å². The number of aromatic hydroxyl groups is 1. The Morgan fingerprint density at radius 3 is 2.49 bits per heavy atom. The number of hydrogen-bond acceptors (Lipinski definition) is 8. The Balaban J connectivity index is 1.44. The summed E-state index contributed by atoms with van der Waals surface area (Å²) in [5.74, 6) is -0.104. The number of hydrogen-bond donors (Lipinski definition) is 1. The van der Waals surface area contributed by atoms with E-state index >= 15 is 4.39 Å². The van der Waals surface area contributed by atoms with Gasteiger partial charge < -0.3 is 24.4 Å². The fourth-order valence-corrected chi connectivity index (χ4v) is 6.74. The van der Waals surface area contributed by atoms with Crippen LogP contribution in [0.25, 0.3) is 32.8 Å². The minimum atomic E-state index is -0.620. The third-order valence-corrected chi connectivity index (χ3v) is 8.62. The van der Waals surface area contributed by atoms with Crippen LogP contribution in [0.3, 0.4) is 0 Å². The molecule has 1 N–H and O–H groups in total. The molecule has 2 saturated heterocycles. The molecule has 0 saturated carbocycles. The molecule has 1 amide bonds. The van der Waals surface area contributed by atoms with E-state index in [1.54, 1.807) is 12.1 Å². The number of benzene rings is 3. The summed E-state index contributed by atoms with van der Waals surface area (Å²) in [5.41, 5.74) is 0.0978. The van der Waals surface area contributed by atoms with Gasteiger partial charge in [-0.25, -0.2) is 9.18 Å². The van der Waals surface area contributed by atoms with Crippen molar-refractivity contribution >= 4 is 45.2 Å². The molecule has 4 aromatic rings. The number of piperazine rings is 1. The molecule has 2 fully saturated rings. The molecule has 2 unspecified atom stereocenters. The van der Waals surface area contributed by atoms with E-state index in [-0.39, 0.29) is 46.0 Å². The molecule has 0 aliphatic carbocycles. The van der Waals surface area contributed by atoms with Crippen molar-refractivity contribution < 1.29 is 23.8 Å².